The molecule has 0 radical (unpaired) electrons. The molecule has 0 bridgehead atoms. The second kappa shape index (κ2) is 3.98. The van der Waals surface area contributed by atoms with Crippen molar-refractivity contribution in [3.05, 3.63) is 29.7 Å². The summed E-state index contributed by atoms with van der Waals surface area (Å²) in [5.41, 5.74) is 1.89. The Labute approximate surface area is 92.7 Å². The quantitative estimate of drug-likeness (QED) is 0.795. The molecule has 1 atom stereocenters. The zero-order valence-corrected chi connectivity index (χ0v) is 9.28. The number of aromatic amines is 1. The van der Waals surface area contributed by atoms with Crippen molar-refractivity contribution in [2.24, 2.45) is 0 Å². The number of rotatable bonds is 2. The third-order valence-electron chi connectivity index (χ3n) is 2.02. The van der Waals surface area contributed by atoms with E-state index >= 15 is 0 Å². The standard InChI is InChI=1S/C10H11ClN4/c1-6-3-4-12-8(5-6)10-13-9(7(2)11)14-15-10/h3-5,7H,1-2H3,(H,13,14,15). The van der Waals surface area contributed by atoms with E-state index in [0.717, 1.165) is 11.3 Å². The van der Waals surface area contributed by atoms with Gasteiger partial charge in [0, 0.05) is 6.20 Å². The van der Waals surface area contributed by atoms with Crippen LogP contribution in [0.5, 0.6) is 0 Å². The van der Waals surface area contributed by atoms with Gasteiger partial charge in [-0.25, -0.2) is 4.98 Å². The molecule has 2 heterocycles. The van der Waals surface area contributed by atoms with Gasteiger partial charge in [-0.2, -0.15) is 5.10 Å². The molecule has 78 valence electrons. The Bertz CT molecular complexity index is 464. The average molecular weight is 223 g/mol. The zero-order valence-electron chi connectivity index (χ0n) is 8.53. The van der Waals surface area contributed by atoms with Crippen LogP contribution in [0.1, 0.15) is 23.7 Å². The third-order valence-corrected chi connectivity index (χ3v) is 2.23. The van der Waals surface area contributed by atoms with E-state index in [9.17, 15) is 0 Å². The number of H-pyrrole nitrogens is 1. The van der Waals surface area contributed by atoms with Crippen molar-refractivity contribution >= 4 is 11.6 Å². The highest BCUT2D eigenvalue weighted by Gasteiger charge is 2.10. The fourth-order valence-corrected chi connectivity index (χ4v) is 1.32. The molecule has 2 aromatic rings. The molecule has 2 rings (SSSR count). The summed E-state index contributed by atoms with van der Waals surface area (Å²) in [5, 5.41) is 6.69. The van der Waals surface area contributed by atoms with Crippen LogP contribution < -0.4 is 0 Å². The van der Waals surface area contributed by atoms with Crippen LogP contribution >= 0.6 is 11.6 Å². The molecule has 0 spiro atoms. The van der Waals surface area contributed by atoms with Gasteiger partial charge in [-0.05, 0) is 31.5 Å². The lowest BCUT2D eigenvalue weighted by atomic mass is 10.2. The Morgan fingerprint density at radius 2 is 2.27 bits per heavy atom. The molecular weight excluding hydrogens is 212 g/mol. The molecule has 0 saturated heterocycles. The first-order valence-electron chi connectivity index (χ1n) is 4.66. The first-order valence-corrected chi connectivity index (χ1v) is 5.10. The first-order chi connectivity index (χ1) is 7.16. The highest BCUT2D eigenvalue weighted by molar-refractivity contribution is 6.20. The van der Waals surface area contributed by atoms with Crippen LogP contribution in [-0.4, -0.2) is 20.2 Å². The zero-order chi connectivity index (χ0) is 10.8. The second-order valence-corrected chi connectivity index (χ2v) is 4.03. The van der Waals surface area contributed by atoms with Crippen LogP contribution in [-0.2, 0) is 0 Å². The molecule has 0 fully saturated rings. The predicted molar refractivity (Wildman–Crippen MR) is 58.6 cm³/mol. The Balaban J connectivity index is 2.37. The molecule has 4 nitrogen and oxygen atoms in total. The summed E-state index contributed by atoms with van der Waals surface area (Å²) in [4.78, 5) is 8.45. The number of nitrogens with one attached hydrogen (secondary N) is 1. The van der Waals surface area contributed by atoms with Gasteiger partial charge in [0.2, 0.25) is 0 Å². The van der Waals surface area contributed by atoms with Crippen LogP contribution in [0, 0.1) is 6.92 Å². The summed E-state index contributed by atoms with van der Waals surface area (Å²) in [6, 6.07) is 3.87. The number of aryl methyl sites for hydroxylation is 1. The number of halogens is 1. The normalized spacial score (nSPS) is 12.7. The Kier molecular flexibility index (Phi) is 2.68. The molecule has 0 aliphatic carbocycles. The number of hydrogen-bond acceptors (Lipinski definition) is 3. The summed E-state index contributed by atoms with van der Waals surface area (Å²) >= 11 is 5.88. The van der Waals surface area contributed by atoms with Crippen molar-refractivity contribution in [2.75, 3.05) is 0 Å². The van der Waals surface area contributed by atoms with Crippen LogP contribution in [0.2, 0.25) is 0 Å². The Morgan fingerprint density at radius 3 is 2.87 bits per heavy atom. The maximum Gasteiger partial charge on any atom is 0.199 e. The maximum atomic E-state index is 5.88. The van der Waals surface area contributed by atoms with E-state index in [4.69, 9.17) is 11.6 Å². The lowest BCUT2D eigenvalue weighted by Crippen LogP contribution is -1.88. The number of aromatic nitrogens is 4. The molecule has 0 aromatic carbocycles. The van der Waals surface area contributed by atoms with E-state index in [2.05, 4.69) is 20.2 Å². The minimum absolute atomic E-state index is 0.170. The van der Waals surface area contributed by atoms with Crippen LogP contribution in [0.4, 0.5) is 0 Å². The van der Waals surface area contributed by atoms with E-state index in [0.29, 0.717) is 11.6 Å². The number of hydrogen-bond donors (Lipinski definition) is 1. The number of alkyl halides is 1. The summed E-state index contributed by atoms with van der Waals surface area (Å²) < 4.78 is 0. The summed E-state index contributed by atoms with van der Waals surface area (Å²) in [7, 11) is 0. The fraction of sp³-hybridized carbons (Fsp3) is 0.300. The highest BCUT2D eigenvalue weighted by Crippen LogP contribution is 2.18. The van der Waals surface area contributed by atoms with Gasteiger partial charge in [0.1, 0.15) is 11.5 Å². The lowest BCUT2D eigenvalue weighted by molar-refractivity contribution is 0.918. The number of nitrogens with zero attached hydrogens (tertiary/aromatic N) is 3. The van der Waals surface area contributed by atoms with Crippen LogP contribution in [0.15, 0.2) is 18.3 Å². The van der Waals surface area contributed by atoms with Gasteiger partial charge in [-0.15, -0.1) is 11.6 Å². The van der Waals surface area contributed by atoms with E-state index in [1.807, 2.05) is 26.0 Å². The second-order valence-electron chi connectivity index (χ2n) is 3.38. The third kappa shape index (κ3) is 2.15. The van der Waals surface area contributed by atoms with Crippen molar-refractivity contribution in [1.29, 1.82) is 0 Å². The van der Waals surface area contributed by atoms with Gasteiger partial charge in [-0.3, -0.25) is 10.1 Å². The monoisotopic (exact) mass is 222 g/mol. The Hall–Kier alpha value is -1.42. The highest BCUT2D eigenvalue weighted by atomic mass is 35.5. The molecule has 1 N–H and O–H groups in total. The lowest BCUT2D eigenvalue weighted by Gasteiger charge is -1.95. The molecule has 1 unspecified atom stereocenters. The Morgan fingerprint density at radius 1 is 1.47 bits per heavy atom. The van der Waals surface area contributed by atoms with Crippen LogP contribution in [0.3, 0.4) is 0 Å². The molecule has 15 heavy (non-hydrogen) atoms. The van der Waals surface area contributed by atoms with Crippen molar-refractivity contribution in [2.45, 2.75) is 19.2 Å². The van der Waals surface area contributed by atoms with Crippen molar-refractivity contribution in [3.8, 4) is 11.5 Å². The smallest absolute Gasteiger partial charge is 0.199 e. The maximum absolute atomic E-state index is 5.88. The van der Waals surface area contributed by atoms with E-state index in [-0.39, 0.29) is 5.38 Å². The van der Waals surface area contributed by atoms with Gasteiger partial charge >= 0.3 is 0 Å². The molecular formula is C10H11ClN4. The van der Waals surface area contributed by atoms with Gasteiger partial charge in [0.15, 0.2) is 5.82 Å². The topological polar surface area (TPSA) is 54.5 Å². The van der Waals surface area contributed by atoms with E-state index in [1.54, 1.807) is 6.20 Å². The molecule has 0 aliphatic heterocycles. The average Bonchev–Trinajstić information content (AvgIpc) is 2.66. The fourth-order valence-electron chi connectivity index (χ4n) is 1.23. The van der Waals surface area contributed by atoms with E-state index in [1.165, 1.54) is 0 Å². The van der Waals surface area contributed by atoms with Crippen molar-refractivity contribution in [1.82, 2.24) is 20.2 Å². The summed E-state index contributed by atoms with van der Waals surface area (Å²) in [5.74, 6) is 1.25. The van der Waals surface area contributed by atoms with E-state index < -0.39 is 0 Å². The summed E-state index contributed by atoms with van der Waals surface area (Å²) in [6.07, 6.45) is 1.74. The van der Waals surface area contributed by atoms with Gasteiger partial charge in [0.25, 0.3) is 0 Å². The first kappa shape index (κ1) is 10.1. The van der Waals surface area contributed by atoms with Gasteiger partial charge < -0.3 is 0 Å². The van der Waals surface area contributed by atoms with Gasteiger partial charge in [-0.1, -0.05) is 0 Å². The minimum Gasteiger partial charge on any atom is -0.261 e. The van der Waals surface area contributed by atoms with Crippen molar-refractivity contribution in [3.63, 3.8) is 0 Å². The molecule has 2 aromatic heterocycles. The molecule has 0 aliphatic rings. The largest absolute Gasteiger partial charge is 0.261 e. The summed E-state index contributed by atoms with van der Waals surface area (Å²) in [6.45, 7) is 3.85. The predicted octanol–water partition coefficient (Wildman–Crippen LogP) is 2.47. The van der Waals surface area contributed by atoms with Crippen LogP contribution in [0.25, 0.3) is 11.5 Å². The van der Waals surface area contributed by atoms with Gasteiger partial charge in [0.05, 0.1) is 5.38 Å². The minimum atomic E-state index is -0.170. The number of pyridine rings is 1. The van der Waals surface area contributed by atoms with Crippen molar-refractivity contribution < 1.29 is 0 Å². The molecule has 0 amide bonds. The SMILES string of the molecule is Cc1ccnc(-c2n[nH]c(C(C)Cl)n2)c1. The molecule has 5 heteroatoms. The molecule has 0 saturated carbocycles.